The smallest absolute Gasteiger partial charge is 0.147 e. The number of halogens is 1. The van der Waals surface area contributed by atoms with Gasteiger partial charge in [0.1, 0.15) is 17.4 Å². The summed E-state index contributed by atoms with van der Waals surface area (Å²) in [5, 5.41) is 17.3. The maximum atomic E-state index is 13.5. The Labute approximate surface area is 80.6 Å². The van der Waals surface area contributed by atoms with E-state index in [1.807, 2.05) is 0 Å². The lowest BCUT2D eigenvalue weighted by Crippen LogP contribution is -2.17. The molecule has 1 aromatic carbocycles. The van der Waals surface area contributed by atoms with Crippen molar-refractivity contribution in [3.8, 4) is 6.07 Å². The summed E-state index contributed by atoms with van der Waals surface area (Å²) in [5.74, 6) is -0.756. The molecular weight excluding hydrogens is 185 g/mol. The summed E-state index contributed by atoms with van der Waals surface area (Å²) in [6.45, 7) is -0.383. The third-order valence-electron chi connectivity index (χ3n) is 1.91. The molecule has 0 aliphatic rings. The van der Waals surface area contributed by atoms with Crippen LogP contribution in [0.4, 0.5) is 10.1 Å². The van der Waals surface area contributed by atoms with Gasteiger partial charge in [-0.2, -0.15) is 5.26 Å². The summed E-state index contributed by atoms with van der Waals surface area (Å²) in [6.07, 6.45) is 0. The minimum atomic E-state index is -0.831. The van der Waals surface area contributed by atoms with Gasteiger partial charge in [-0.05, 0) is 6.07 Å². The van der Waals surface area contributed by atoms with Gasteiger partial charge in [0.25, 0.3) is 0 Å². The SMILES string of the molecule is N#Cc1c(N)ccc([C@@H](N)CO)c1F. The second-order valence-electron chi connectivity index (χ2n) is 2.83. The zero-order chi connectivity index (χ0) is 10.7. The van der Waals surface area contributed by atoms with Gasteiger partial charge >= 0.3 is 0 Å². The van der Waals surface area contributed by atoms with E-state index in [4.69, 9.17) is 21.8 Å². The van der Waals surface area contributed by atoms with E-state index < -0.39 is 11.9 Å². The molecule has 1 aromatic rings. The van der Waals surface area contributed by atoms with Crippen molar-refractivity contribution in [2.24, 2.45) is 5.73 Å². The summed E-state index contributed by atoms with van der Waals surface area (Å²) in [4.78, 5) is 0. The molecule has 0 saturated heterocycles. The molecule has 0 saturated carbocycles. The first kappa shape index (κ1) is 10.4. The van der Waals surface area contributed by atoms with E-state index in [1.54, 1.807) is 6.07 Å². The van der Waals surface area contributed by atoms with Gasteiger partial charge in [0.2, 0.25) is 0 Å². The molecule has 0 aromatic heterocycles. The summed E-state index contributed by atoms with van der Waals surface area (Å²) in [5.41, 5.74) is 10.7. The lowest BCUT2D eigenvalue weighted by Gasteiger charge is -2.11. The highest BCUT2D eigenvalue weighted by Gasteiger charge is 2.15. The van der Waals surface area contributed by atoms with Crippen LogP contribution in [0.5, 0.6) is 0 Å². The van der Waals surface area contributed by atoms with Gasteiger partial charge in [-0.15, -0.1) is 0 Å². The van der Waals surface area contributed by atoms with Gasteiger partial charge in [-0.3, -0.25) is 0 Å². The predicted molar refractivity (Wildman–Crippen MR) is 49.5 cm³/mol. The third kappa shape index (κ3) is 1.66. The van der Waals surface area contributed by atoms with E-state index in [0.717, 1.165) is 0 Å². The van der Waals surface area contributed by atoms with Crippen molar-refractivity contribution in [1.82, 2.24) is 0 Å². The summed E-state index contributed by atoms with van der Waals surface area (Å²) in [6, 6.07) is 3.58. The fourth-order valence-corrected chi connectivity index (χ4v) is 1.11. The van der Waals surface area contributed by atoms with Gasteiger partial charge < -0.3 is 16.6 Å². The zero-order valence-electron chi connectivity index (χ0n) is 7.37. The topological polar surface area (TPSA) is 96.1 Å². The van der Waals surface area contributed by atoms with E-state index in [1.165, 1.54) is 12.1 Å². The molecule has 0 unspecified atom stereocenters. The number of nitrogens with two attached hydrogens (primary N) is 2. The number of hydrogen-bond acceptors (Lipinski definition) is 4. The van der Waals surface area contributed by atoms with E-state index >= 15 is 0 Å². The second kappa shape index (κ2) is 4.05. The highest BCUT2D eigenvalue weighted by atomic mass is 19.1. The van der Waals surface area contributed by atoms with Crippen molar-refractivity contribution in [1.29, 1.82) is 5.26 Å². The maximum Gasteiger partial charge on any atom is 0.147 e. The van der Waals surface area contributed by atoms with Crippen LogP contribution in [0.3, 0.4) is 0 Å². The molecule has 74 valence electrons. The Morgan fingerprint density at radius 3 is 2.71 bits per heavy atom. The van der Waals surface area contributed by atoms with Gasteiger partial charge in [0.15, 0.2) is 0 Å². The van der Waals surface area contributed by atoms with Crippen LogP contribution in [-0.2, 0) is 0 Å². The van der Waals surface area contributed by atoms with Crippen molar-refractivity contribution in [2.75, 3.05) is 12.3 Å². The fraction of sp³-hybridized carbons (Fsp3) is 0.222. The number of nitrogen functional groups attached to an aromatic ring is 1. The van der Waals surface area contributed by atoms with Crippen LogP contribution < -0.4 is 11.5 Å². The first-order valence-electron chi connectivity index (χ1n) is 3.96. The molecule has 5 heteroatoms. The predicted octanol–water partition coefficient (Wildman–Crippen LogP) is 0.272. The largest absolute Gasteiger partial charge is 0.398 e. The molecular formula is C9H10FN3O. The molecule has 0 spiro atoms. The second-order valence-corrected chi connectivity index (χ2v) is 2.83. The molecule has 5 N–H and O–H groups in total. The van der Waals surface area contributed by atoms with Crippen molar-refractivity contribution < 1.29 is 9.50 Å². The van der Waals surface area contributed by atoms with Crippen LogP contribution >= 0.6 is 0 Å². The standard InChI is InChI=1S/C9H10FN3O/c10-9-5(8(13)4-14)1-2-7(12)6(9)3-11/h1-2,8,14H,4,12-13H2/t8-/m0/s1. The number of anilines is 1. The van der Waals surface area contributed by atoms with Crippen LogP contribution in [0, 0.1) is 17.1 Å². The van der Waals surface area contributed by atoms with E-state index in [-0.39, 0.29) is 23.4 Å². The molecule has 0 radical (unpaired) electrons. The molecule has 14 heavy (non-hydrogen) atoms. The minimum Gasteiger partial charge on any atom is -0.398 e. The van der Waals surface area contributed by atoms with Crippen LogP contribution in [0.25, 0.3) is 0 Å². The third-order valence-corrected chi connectivity index (χ3v) is 1.91. The fourth-order valence-electron chi connectivity index (χ4n) is 1.11. The molecule has 0 bridgehead atoms. The molecule has 0 aliphatic carbocycles. The maximum absolute atomic E-state index is 13.5. The number of rotatable bonds is 2. The van der Waals surface area contributed by atoms with Crippen LogP contribution in [0.2, 0.25) is 0 Å². The van der Waals surface area contributed by atoms with Crippen LogP contribution in [-0.4, -0.2) is 11.7 Å². The lowest BCUT2D eigenvalue weighted by molar-refractivity contribution is 0.265. The van der Waals surface area contributed by atoms with Gasteiger partial charge in [-0.25, -0.2) is 4.39 Å². The first-order chi connectivity index (χ1) is 6.61. The molecule has 1 atom stereocenters. The normalized spacial score (nSPS) is 12.1. The Balaban J connectivity index is 3.30. The van der Waals surface area contributed by atoms with Crippen LogP contribution in [0.1, 0.15) is 17.2 Å². The number of hydrogen-bond donors (Lipinski definition) is 3. The molecule has 0 heterocycles. The van der Waals surface area contributed by atoms with E-state index in [9.17, 15) is 4.39 Å². The van der Waals surface area contributed by atoms with Crippen molar-refractivity contribution in [3.63, 3.8) is 0 Å². The Kier molecular flexibility index (Phi) is 3.02. The summed E-state index contributed by atoms with van der Waals surface area (Å²) in [7, 11) is 0. The summed E-state index contributed by atoms with van der Waals surface area (Å²) >= 11 is 0. The molecule has 1 rings (SSSR count). The van der Waals surface area contributed by atoms with Crippen molar-refractivity contribution in [2.45, 2.75) is 6.04 Å². The Morgan fingerprint density at radius 1 is 1.57 bits per heavy atom. The number of nitriles is 1. The number of aliphatic hydroxyl groups excluding tert-OH is 1. The lowest BCUT2D eigenvalue weighted by atomic mass is 10.0. The highest BCUT2D eigenvalue weighted by Crippen LogP contribution is 2.22. The van der Waals surface area contributed by atoms with Crippen LogP contribution in [0.15, 0.2) is 12.1 Å². The van der Waals surface area contributed by atoms with E-state index in [2.05, 4.69) is 0 Å². The van der Waals surface area contributed by atoms with Gasteiger partial charge in [-0.1, -0.05) is 6.07 Å². The van der Waals surface area contributed by atoms with Gasteiger partial charge in [0.05, 0.1) is 18.3 Å². The average Bonchev–Trinajstić information content (AvgIpc) is 2.18. The zero-order valence-corrected chi connectivity index (χ0v) is 7.37. The quantitative estimate of drug-likeness (QED) is 0.590. The molecule has 0 fully saturated rings. The monoisotopic (exact) mass is 195 g/mol. The minimum absolute atomic E-state index is 0.0684. The highest BCUT2D eigenvalue weighted by molar-refractivity contribution is 5.56. The molecule has 4 nitrogen and oxygen atoms in total. The van der Waals surface area contributed by atoms with Crippen molar-refractivity contribution in [3.05, 3.63) is 29.1 Å². The summed E-state index contributed by atoms with van der Waals surface area (Å²) < 4.78 is 13.5. The van der Waals surface area contributed by atoms with Gasteiger partial charge in [0, 0.05) is 5.56 Å². The average molecular weight is 195 g/mol. The molecule has 0 aliphatic heterocycles. The first-order valence-corrected chi connectivity index (χ1v) is 3.96. The number of benzene rings is 1. The van der Waals surface area contributed by atoms with E-state index in [0.29, 0.717) is 0 Å². The number of nitrogens with zero attached hydrogens (tertiary/aromatic N) is 1. The van der Waals surface area contributed by atoms with Crippen molar-refractivity contribution >= 4 is 5.69 Å². The molecule has 0 amide bonds. The number of aliphatic hydroxyl groups is 1. The Bertz CT molecular complexity index is 386. The Morgan fingerprint density at radius 2 is 2.21 bits per heavy atom. The Hall–Kier alpha value is -1.64.